The Balaban J connectivity index is 1.90. The van der Waals surface area contributed by atoms with Gasteiger partial charge in [-0.25, -0.2) is 4.39 Å². The lowest BCUT2D eigenvalue weighted by atomic mass is 10.1. The van der Waals surface area contributed by atoms with Gasteiger partial charge in [0.15, 0.2) is 0 Å². The van der Waals surface area contributed by atoms with Crippen molar-refractivity contribution in [2.24, 2.45) is 0 Å². The van der Waals surface area contributed by atoms with E-state index in [2.05, 4.69) is 10.9 Å². The van der Waals surface area contributed by atoms with Crippen molar-refractivity contribution in [2.75, 3.05) is 0 Å². The van der Waals surface area contributed by atoms with E-state index < -0.39 is 17.6 Å². The van der Waals surface area contributed by atoms with Crippen LogP contribution in [0.25, 0.3) is 0 Å². The van der Waals surface area contributed by atoms with Crippen molar-refractivity contribution in [3.63, 3.8) is 0 Å². The Morgan fingerprint density at radius 3 is 2.52 bits per heavy atom. The monoisotopic (exact) mass is 288 g/mol. The van der Waals surface area contributed by atoms with Crippen LogP contribution in [0, 0.1) is 5.82 Å². The fourth-order valence-corrected chi connectivity index (χ4v) is 1.70. The van der Waals surface area contributed by atoms with Crippen LogP contribution in [-0.2, 0) is 11.2 Å². The van der Waals surface area contributed by atoms with Gasteiger partial charge in [0, 0.05) is 5.56 Å². The smallest absolute Gasteiger partial charge is 0.269 e. The molecule has 21 heavy (non-hydrogen) atoms. The first kappa shape index (κ1) is 14.5. The molecule has 0 fully saturated rings. The lowest BCUT2D eigenvalue weighted by molar-refractivity contribution is -0.121. The molecule has 0 heterocycles. The SMILES string of the molecule is O=C(Cc1ccccc1F)NNC(=O)c1cccc(O)c1. The Morgan fingerprint density at radius 1 is 1.05 bits per heavy atom. The molecule has 0 spiro atoms. The van der Waals surface area contributed by atoms with E-state index in [1.165, 1.54) is 42.5 Å². The average molecular weight is 288 g/mol. The van der Waals surface area contributed by atoms with Gasteiger partial charge in [-0.2, -0.15) is 0 Å². The molecule has 2 aromatic carbocycles. The van der Waals surface area contributed by atoms with E-state index in [-0.39, 0.29) is 23.3 Å². The third kappa shape index (κ3) is 4.04. The normalized spacial score (nSPS) is 9.95. The number of carbonyl (C=O) groups is 2. The molecule has 6 heteroatoms. The van der Waals surface area contributed by atoms with Crippen molar-refractivity contribution in [3.8, 4) is 5.75 Å². The fourth-order valence-electron chi connectivity index (χ4n) is 1.70. The topological polar surface area (TPSA) is 78.4 Å². The molecule has 0 aliphatic rings. The van der Waals surface area contributed by atoms with E-state index >= 15 is 0 Å². The summed E-state index contributed by atoms with van der Waals surface area (Å²) in [7, 11) is 0. The lowest BCUT2D eigenvalue weighted by Crippen LogP contribution is -2.42. The predicted molar refractivity (Wildman–Crippen MR) is 73.8 cm³/mol. The number of hydrogen-bond donors (Lipinski definition) is 3. The highest BCUT2D eigenvalue weighted by molar-refractivity contribution is 5.95. The molecule has 0 unspecified atom stereocenters. The van der Waals surface area contributed by atoms with Crippen molar-refractivity contribution >= 4 is 11.8 Å². The molecular weight excluding hydrogens is 275 g/mol. The van der Waals surface area contributed by atoms with E-state index in [4.69, 9.17) is 0 Å². The molecule has 3 N–H and O–H groups in total. The van der Waals surface area contributed by atoms with Gasteiger partial charge in [-0.05, 0) is 29.8 Å². The molecule has 0 aromatic heterocycles. The maximum absolute atomic E-state index is 13.4. The number of benzene rings is 2. The molecule has 108 valence electrons. The third-order valence-corrected chi connectivity index (χ3v) is 2.73. The van der Waals surface area contributed by atoms with E-state index in [0.717, 1.165) is 0 Å². The summed E-state index contributed by atoms with van der Waals surface area (Å²) in [6, 6.07) is 11.6. The maximum atomic E-state index is 13.4. The highest BCUT2D eigenvalue weighted by atomic mass is 19.1. The molecule has 0 aliphatic carbocycles. The summed E-state index contributed by atoms with van der Waals surface area (Å²) in [5.74, 6) is -1.66. The highest BCUT2D eigenvalue weighted by Gasteiger charge is 2.10. The average Bonchev–Trinajstić information content (AvgIpc) is 2.47. The molecule has 0 bridgehead atoms. The van der Waals surface area contributed by atoms with Crippen molar-refractivity contribution < 1.29 is 19.1 Å². The number of phenols is 1. The lowest BCUT2D eigenvalue weighted by Gasteiger charge is -2.08. The minimum atomic E-state index is -0.576. The maximum Gasteiger partial charge on any atom is 0.269 e. The molecule has 0 saturated carbocycles. The quantitative estimate of drug-likeness (QED) is 0.750. The first-order valence-electron chi connectivity index (χ1n) is 6.18. The van der Waals surface area contributed by atoms with Crippen molar-refractivity contribution in [3.05, 3.63) is 65.5 Å². The van der Waals surface area contributed by atoms with Crippen LogP contribution in [0.5, 0.6) is 5.75 Å². The Hall–Kier alpha value is -2.89. The second-order valence-corrected chi connectivity index (χ2v) is 4.32. The summed E-state index contributed by atoms with van der Waals surface area (Å²) in [5, 5.41) is 9.26. The Kier molecular flexibility index (Phi) is 4.50. The van der Waals surface area contributed by atoms with E-state index in [1.54, 1.807) is 6.07 Å². The number of aromatic hydroxyl groups is 1. The zero-order valence-electron chi connectivity index (χ0n) is 11.0. The minimum Gasteiger partial charge on any atom is -0.508 e. The molecule has 5 nitrogen and oxygen atoms in total. The molecule has 0 radical (unpaired) electrons. The molecule has 0 aliphatic heterocycles. The van der Waals surface area contributed by atoms with Crippen LogP contribution in [-0.4, -0.2) is 16.9 Å². The molecule has 0 saturated heterocycles. The van der Waals surface area contributed by atoms with Crippen LogP contribution in [0.15, 0.2) is 48.5 Å². The zero-order chi connectivity index (χ0) is 15.2. The summed E-state index contributed by atoms with van der Waals surface area (Å²) in [4.78, 5) is 23.3. The van der Waals surface area contributed by atoms with Gasteiger partial charge in [0.25, 0.3) is 5.91 Å². The minimum absolute atomic E-state index is 0.0552. The first-order chi connectivity index (χ1) is 10.1. The molecular formula is C15H13FN2O3. The molecule has 2 amide bonds. The zero-order valence-corrected chi connectivity index (χ0v) is 11.0. The number of hydrogen-bond acceptors (Lipinski definition) is 3. The second-order valence-electron chi connectivity index (χ2n) is 4.32. The Bertz CT molecular complexity index is 673. The summed E-state index contributed by atoms with van der Waals surface area (Å²) >= 11 is 0. The largest absolute Gasteiger partial charge is 0.508 e. The van der Waals surface area contributed by atoms with Crippen molar-refractivity contribution in [1.29, 1.82) is 0 Å². The first-order valence-corrected chi connectivity index (χ1v) is 6.18. The number of hydrazine groups is 1. The van der Waals surface area contributed by atoms with Crippen LogP contribution in [0.3, 0.4) is 0 Å². The number of amides is 2. The molecule has 0 atom stereocenters. The Morgan fingerprint density at radius 2 is 1.81 bits per heavy atom. The number of halogens is 1. The van der Waals surface area contributed by atoms with E-state index in [0.29, 0.717) is 0 Å². The van der Waals surface area contributed by atoms with Gasteiger partial charge in [0.1, 0.15) is 11.6 Å². The summed E-state index contributed by atoms with van der Waals surface area (Å²) in [5.41, 5.74) is 4.82. The van der Waals surface area contributed by atoms with Gasteiger partial charge in [-0.3, -0.25) is 20.4 Å². The second kappa shape index (κ2) is 6.51. The Labute approximate surface area is 120 Å². The van der Waals surface area contributed by atoms with Crippen LogP contribution in [0.2, 0.25) is 0 Å². The van der Waals surface area contributed by atoms with Crippen LogP contribution < -0.4 is 10.9 Å². The van der Waals surface area contributed by atoms with E-state index in [9.17, 15) is 19.1 Å². The van der Waals surface area contributed by atoms with Crippen LogP contribution >= 0.6 is 0 Å². The molecule has 2 rings (SSSR count). The number of rotatable bonds is 3. The van der Waals surface area contributed by atoms with E-state index in [1.807, 2.05) is 0 Å². The highest BCUT2D eigenvalue weighted by Crippen LogP contribution is 2.10. The van der Waals surface area contributed by atoms with Gasteiger partial charge in [0.05, 0.1) is 6.42 Å². The molecule has 2 aromatic rings. The number of nitrogens with one attached hydrogen (secondary N) is 2. The predicted octanol–water partition coefficient (Wildman–Crippen LogP) is 1.53. The number of phenolic OH excluding ortho intramolecular Hbond substituents is 1. The van der Waals surface area contributed by atoms with Gasteiger partial charge >= 0.3 is 0 Å². The summed E-state index contributed by atoms with van der Waals surface area (Å²) in [6.45, 7) is 0. The van der Waals surface area contributed by atoms with Crippen molar-refractivity contribution in [2.45, 2.75) is 6.42 Å². The van der Waals surface area contributed by atoms with Gasteiger partial charge in [-0.1, -0.05) is 24.3 Å². The van der Waals surface area contributed by atoms with Gasteiger partial charge < -0.3 is 5.11 Å². The summed E-state index contributed by atoms with van der Waals surface area (Å²) < 4.78 is 13.4. The fraction of sp³-hybridized carbons (Fsp3) is 0.0667. The van der Waals surface area contributed by atoms with Crippen LogP contribution in [0.1, 0.15) is 15.9 Å². The van der Waals surface area contributed by atoms with Gasteiger partial charge in [-0.15, -0.1) is 0 Å². The van der Waals surface area contributed by atoms with Crippen molar-refractivity contribution in [1.82, 2.24) is 10.9 Å². The standard InChI is InChI=1S/C15H13FN2O3/c16-13-7-2-1-4-10(13)9-14(20)17-18-15(21)11-5-3-6-12(19)8-11/h1-8,19H,9H2,(H,17,20)(H,18,21). The third-order valence-electron chi connectivity index (χ3n) is 2.73. The van der Waals surface area contributed by atoms with Crippen LogP contribution in [0.4, 0.5) is 4.39 Å². The summed E-state index contributed by atoms with van der Waals surface area (Å²) in [6.07, 6.45) is -0.188. The number of carbonyl (C=O) groups excluding carboxylic acids is 2. The van der Waals surface area contributed by atoms with Gasteiger partial charge in [0.2, 0.25) is 5.91 Å².